The van der Waals surface area contributed by atoms with Gasteiger partial charge in [-0.3, -0.25) is 4.79 Å². The van der Waals surface area contributed by atoms with Crippen LogP contribution in [0.1, 0.15) is 34.3 Å². The Balaban J connectivity index is 1.58. The summed E-state index contributed by atoms with van der Waals surface area (Å²) in [5, 5.41) is 2.53. The van der Waals surface area contributed by atoms with E-state index in [1.807, 2.05) is 0 Å². The Morgan fingerprint density at radius 3 is 2.50 bits per heavy atom. The SMILES string of the molecule is O=C(NCc1cccc(C(F)(F)F)c1)c1ccc(S(=O)(=O)NCC2CCCO2)cc1. The van der Waals surface area contributed by atoms with Gasteiger partial charge in [-0.15, -0.1) is 0 Å². The largest absolute Gasteiger partial charge is 0.416 e. The highest BCUT2D eigenvalue weighted by atomic mass is 32.2. The first-order valence-electron chi connectivity index (χ1n) is 9.31. The molecule has 2 aromatic rings. The smallest absolute Gasteiger partial charge is 0.377 e. The number of alkyl halides is 3. The fourth-order valence-electron chi connectivity index (χ4n) is 3.02. The third-order valence-corrected chi connectivity index (χ3v) is 6.10. The number of rotatable bonds is 7. The average Bonchev–Trinajstić information content (AvgIpc) is 3.24. The molecular weight excluding hydrogens is 421 g/mol. The normalized spacial score (nSPS) is 17.1. The molecule has 1 unspecified atom stereocenters. The number of hydrogen-bond donors (Lipinski definition) is 2. The highest BCUT2D eigenvalue weighted by Crippen LogP contribution is 2.29. The van der Waals surface area contributed by atoms with Gasteiger partial charge in [-0.1, -0.05) is 12.1 Å². The lowest BCUT2D eigenvalue weighted by Crippen LogP contribution is -2.31. The van der Waals surface area contributed by atoms with E-state index in [0.717, 1.165) is 25.0 Å². The zero-order valence-electron chi connectivity index (χ0n) is 15.9. The molecule has 3 rings (SSSR count). The molecule has 0 bridgehead atoms. The average molecular weight is 442 g/mol. The summed E-state index contributed by atoms with van der Waals surface area (Å²) < 4.78 is 70.8. The molecule has 1 fully saturated rings. The van der Waals surface area contributed by atoms with Gasteiger partial charge in [0.1, 0.15) is 0 Å². The van der Waals surface area contributed by atoms with E-state index in [1.54, 1.807) is 0 Å². The quantitative estimate of drug-likeness (QED) is 0.690. The van der Waals surface area contributed by atoms with Gasteiger partial charge < -0.3 is 10.1 Å². The van der Waals surface area contributed by atoms with Crippen molar-refractivity contribution in [3.05, 3.63) is 65.2 Å². The maximum absolute atomic E-state index is 12.8. The van der Waals surface area contributed by atoms with Gasteiger partial charge in [-0.25, -0.2) is 13.1 Å². The van der Waals surface area contributed by atoms with E-state index >= 15 is 0 Å². The predicted octanol–water partition coefficient (Wildman–Crippen LogP) is 3.09. The van der Waals surface area contributed by atoms with Crippen LogP contribution in [0.15, 0.2) is 53.4 Å². The van der Waals surface area contributed by atoms with Gasteiger partial charge in [0.2, 0.25) is 10.0 Å². The van der Waals surface area contributed by atoms with E-state index in [2.05, 4.69) is 10.0 Å². The minimum atomic E-state index is -4.46. The van der Waals surface area contributed by atoms with Gasteiger partial charge in [0.05, 0.1) is 16.6 Å². The molecule has 6 nitrogen and oxygen atoms in total. The number of sulfonamides is 1. The molecule has 1 aliphatic heterocycles. The lowest BCUT2D eigenvalue weighted by molar-refractivity contribution is -0.137. The second kappa shape index (κ2) is 9.15. The lowest BCUT2D eigenvalue weighted by atomic mass is 10.1. The van der Waals surface area contributed by atoms with E-state index in [-0.39, 0.29) is 29.7 Å². The monoisotopic (exact) mass is 442 g/mol. The van der Waals surface area contributed by atoms with Crippen molar-refractivity contribution in [2.24, 2.45) is 0 Å². The summed E-state index contributed by atoms with van der Waals surface area (Å²) >= 11 is 0. The first-order chi connectivity index (χ1) is 14.1. The van der Waals surface area contributed by atoms with Crippen LogP contribution in [0, 0.1) is 0 Å². The van der Waals surface area contributed by atoms with Gasteiger partial charge in [-0.2, -0.15) is 13.2 Å². The van der Waals surface area contributed by atoms with E-state index in [1.165, 1.54) is 36.4 Å². The van der Waals surface area contributed by atoms with Crippen LogP contribution in [-0.2, 0) is 27.5 Å². The van der Waals surface area contributed by atoms with Gasteiger partial charge >= 0.3 is 6.18 Å². The molecule has 0 aliphatic carbocycles. The molecule has 1 saturated heterocycles. The molecule has 1 heterocycles. The Hall–Kier alpha value is -2.43. The lowest BCUT2D eigenvalue weighted by Gasteiger charge is -2.12. The van der Waals surface area contributed by atoms with Crippen molar-refractivity contribution in [2.75, 3.05) is 13.2 Å². The van der Waals surface area contributed by atoms with Crippen LogP contribution < -0.4 is 10.0 Å². The molecule has 2 aromatic carbocycles. The Morgan fingerprint density at radius 1 is 1.13 bits per heavy atom. The van der Waals surface area contributed by atoms with Crippen LogP contribution in [0.4, 0.5) is 13.2 Å². The number of carbonyl (C=O) groups excluding carboxylic acids is 1. The summed E-state index contributed by atoms with van der Waals surface area (Å²) in [6, 6.07) is 9.98. The standard InChI is InChI=1S/C20H21F3N2O4S/c21-20(22,23)16-4-1-3-14(11-16)12-24-19(26)15-6-8-18(9-7-15)30(27,28)25-13-17-5-2-10-29-17/h1,3-4,6-9,11,17,25H,2,5,10,12-13H2,(H,24,26). The van der Waals surface area contributed by atoms with Crippen LogP contribution in [-0.4, -0.2) is 33.6 Å². The summed E-state index contributed by atoms with van der Waals surface area (Å²) in [7, 11) is -3.73. The highest BCUT2D eigenvalue weighted by molar-refractivity contribution is 7.89. The summed E-state index contributed by atoms with van der Waals surface area (Å²) in [6.07, 6.45) is -2.90. The number of ether oxygens (including phenoxy) is 1. The molecule has 10 heteroatoms. The van der Waals surface area contributed by atoms with Gasteiger partial charge in [0.25, 0.3) is 5.91 Å². The second-order valence-corrected chi connectivity index (χ2v) is 8.66. The first kappa shape index (κ1) is 22.3. The summed E-state index contributed by atoms with van der Waals surface area (Å²) in [5.74, 6) is -0.524. The third kappa shape index (κ3) is 5.80. The summed E-state index contributed by atoms with van der Waals surface area (Å²) in [5.41, 5.74) is -0.296. The number of amides is 1. The molecule has 1 atom stereocenters. The van der Waals surface area contributed by atoms with E-state index in [9.17, 15) is 26.4 Å². The van der Waals surface area contributed by atoms with Crippen molar-refractivity contribution in [1.82, 2.24) is 10.0 Å². The van der Waals surface area contributed by atoms with Crippen molar-refractivity contribution >= 4 is 15.9 Å². The number of halogens is 3. The summed E-state index contributed by atoms with van der Waals surface area (Å²) in [4.78, 5) is 12.3. The van der Waals surface area contributed by atoms with Gasteiger partial charge in [0.15, 0.2) is 0 Å². The Morgan fingerprint density at radius 2 is 1.87 bits per heavy atom. The number of benzene rings is 2. The molecule has 0 aromatic heterocycles. The molecule has 162 valence electrons. The zero-order valence-corrected chi connectivity index (χ0v) is 16.7. The summed E-state index contributed by atoms with van der Waals surface area (Å²) in [6.45, 7) is 0.712. The van der Waals surface area contributed by atoms with E-state index in [4.69, 9.17) is 4.74 Å². The van der Waals surface area contributed by atoms with Gasteiger partial charge in [-0.05, 0) is 54.8 Å². The molecule has 0 radical (unpaired) electrons. The fraction of sp³-hybridized carbons (Fsp3) is 0.350. The molecular formula is C20H21F3N2O4S. The number of carbonyl (C=O) groups is 1. The Kier molecular flexibility index (Phi) is 6.79. The molecule has 0 spiro atoms. The second-order valence-electron chi connectivity index (χ2n) is 6.89. The number of nitrogens with one attached hydrogen (secondary N) is 2. The fourth-order valence-corrected chi connectivity index (χ4v) is 4.09. The molecule has 2 N–H and O–H groups in total. The molecule has 30 heavy (non-hydrogen) atoms. The van der Waals surface area contributed by atoms with Gasteiger partial charge in [0, 0.05) is 25.3 Å². The van der Waals surface area contributed by atoms with Crippen molar-refractivity contribution in [3.8, 4) is 0 Å². The van der Waals surface area contributed by atoms with Crippen LogP contribution in [0.3, 0.4) is 0 Å². The zero-order chi connectivity index (χ0) is 21.8. The number of hydrogen-bond acceptors (Lipinski definition) is 4. The maximum Gasteiger partial charge on any atom is 0.416 e. The topological polar surface area (TPSA) is 84.5 Å². The maximum atomic E-state index is 12.8. The van der Waals surface area contributed by atoms with Crippen molar-refractivity contribution in [3.63, 3.8) is 0 Å². The van der Waals surface area contributed by atoms with Crippen molar-refractivity contribution in [1.29, 1.82) is 0 Å². The minimum absolute atomic E-state index is 0.00919. The Bertz CT molecular complexity index is 986. The predicted molar refractivity (Wildman–Crippen MR) is 103 cm³/mol. The highest BCUT2D eigenvalue weighted by Gasteiger charge is 2.30. The third-order valence-electron chi connectivity index (χ3n) is 4.66. The van der Waals surface area contributed by atoms with Crippen LogP contribution >= 0.6 is 0 Å². The Labute approximate surface area is 172 Å². The molecule has 1 aliphatic rings. The van der Waals surface area contributed by atoms with Crippen molar-refractivity contribution in [2.45, 2.75) is 36.6 Å². The van der Waals surface area contributed by atoms with Crippen LogP contribution in [0.5, 0.6) is 0 Å². The van der Waals surface area contributed by atoms with Crippen LogP contribution in [0.25, 0.3) is 0 Å². The van der Waals surface area contributed by atoms with Crippen molar-refractivity contribution < 1.29 is 31.1 Å². The van der Waals surface area contributed by atoms with E-state index in [0.29, 0.717) is 12.2 Å². The first-order valence-corrected chi connectivity index (χ1v) is 10.8. The molecule has 0 saturated carbocycles. The minimum Gasteiger partial charge on any atom is -0.377 e. The van der Waals surface area contributed by atoms with Crippen LogP contribution in [0.2, 0.25) is 0 Å². The molecule has 1 amide bonds. The van der Waals surface area contributed by atoms with E-state index < -0.39 is 27.7 Å².